The van der Waals surface area contributed by atoms with E-state index in [1.165, 1.54) is 5.56 Å². The fourth-order valence-corrected chi connectivity index (χ4v) is 3.56. The number of aryl methyl sites for hydroxylation is 1. The number of rotatable bonds is 7. The second-order valence-electron chi connectivity index (χ2n) is 7.38. The molecule has 0 aliphatic rings. The summed E-state index contributed by atoms with van der Waals surface area (Å²) < 4.78 is 11.3. The monoisotopic (exact) mass is 479 g/mol. The van der Waals surface area contributed by atoms with Crippen LogP contribution < -0.4 is 15.4 Å². The molecule has 0 atom stereocenters. The first kappa shape index (κ1) is 22.8. The SMILES string of the molecule is CCc1ccc2oc(Cc3ccc(NC(=S)NC(=O)COc4ccc(Cl)cc4)cc3)nc2c1. The number of carbonyl (C=O) groups is 1. The molecule has 1 heterocycles. The number of hydrogen-bond donors (Lipinski definition) is 2. The van der Waals surface area contributed by atoms with Crippen LogP contribution in [0.25, 0.3) is 11.1 Å². The predicted octanol–water partition coefficient (Wildman–Crippen LogP) is 5.53. The zero-order valence-corrected chi connectivity index (χ0v) is 19.5. The molecule has 168 valence electrons. The van der Waals surface area contributed by atoms with Crippen LogP contribution in [0.3, 0.4) is 0 Å². The number of nitrogens with one attached hydrogen (secondary N) is 2. The first-order chi connectivity index (χ1) is 16.0. The third-order valence-electron chi connectivity index (χ3n) is 4.91. The molecule has 1 amide bonds. The van der Waals surface area contributed by atoms with Gasteiger partial charge in [-0.3, -0.25) is 10.1 Å². The lowest BCUT2D eigenvalue weighted by Crippen LogP contribution is -2.37. The Kier molecular flexibility index (Phi) is 7.22. The molecule has 0 spiro atoms. The number of fused-ring (bicyclic) bond motifs is 1. The minimum atomic E-state index is -0.360. The number of ether oxygens (including phenoxy) is 1. The zero-order valence-electron chi connectivity index (χ0n) is 17.9. The number of thiocarbonyl (C=S) groups is 1. The van der Waals surface area contributed by atoms with Crippen molar-refractivity contribution < 1.29 is 13.9 Å². The van der Waals surface area contributed by atoms with Crippen molar-refractivity contribution in [3.63, 3.8) is 0 Å². The molecule has 1 aromatic heterocycles. The Balaban J connectivity index is 1.27. The Bertz CT molecular complexity index is 1270. The van der Waals surface area contributed by atoms with Crippen molar-refractivity contribution in [1.82, 2.24) is 10.3 Å². The molecule has 0 unspecified atom stereocenters. The van der Waals surface area contributed by atoms with Gasteiger partial charge in [-0.05, 0) is 78.3 Å². The van der Waals surface area contributed by atoms with E-state index in [4.69, 9.17) is 33.0 Å². The number of aromatic nitrogens is 1. The van der Waals surface area contributed by atoms with Crippen molar-refractivity contribution >= 4 is 51.6 Å². The summed E-state index contributed by atoms with van der Waals surface area (Å²) in [6.07, 6.45) is 1.55. The van der Waals surface area contributed by atoms with Crippen LogP contribution in [0.5, 0.6) is 5.75 Å². The summed E-state index contributed by atoms with van der Waals surface area (Å²) in [5, 5.41) is 6.38. The van der Waals surface area contributed by atoms with Gasteiger partial charge >= 0.3 is 0 Å². The maximum Gasteiger partial charge on any atom is 0.264 e. The van der Waals surface area contributed by atoms with E-state index in [0.717, 1.165) is 28.8 Å². The highest BCUT2D eigenvalue weighted by Gasteiger charge is 2.09. The molecule has 0 bridgehead atoms. The van der Waals surface area contributed by atoms with E-state index >= 15 is 0 Å². The molecule has 4 aromatic rings. The molecule has 6 nitrogen and oxygen atoms in total. The van der Waals surface area contributed by atoms with Gasteiger partial charge in [0.25, 0.3) is 5.91 Å². The predicted molar refractivity (Wildman–Crippen MR) is 134 cm³/mol. The van der Waals surface area contributed by atoms with Gasteiger partial charge in [-0.25, -0.2) is 4.98 Å². The van der Waals surface area contributed by atoms with E-state index in [1.54, 1.807) is 24.3 Å². The van der Waals surface area contributed by atoms with Crippen LogP contribution in [0.1, 0.15) is 23.9 Å². The number of hydrogen-bond acceptors (Lipinski definition) is 5. The minimum Gasteiger partial charge on any atom is -0.484 e. The quantitative estimate of drug-likeness (QED) is 0.339. The largest absolute Gasteiger partial charge is 0.484 e. The number of carbonyl (C=O) groups excluding carboxylic acids is 1. The highest BCUT2D eigenvalue weighted by atomic mass is 35.5. The summed E-state index contributed by atoms with van der Waals surface area (Å²) >= 11 is 11.0. The van der Waals surface area contributed by atoms with E-state index in [-0.39, 0.29) is 17.6 Å². The van der Waals surface area contributed by atoms with Crippen LogP contribution in [0.15, 0.2) is 71.1 Å². The Morgan fingerprint density at radius 3 is 2.52 bits per heavy atom. The van der Waals surface area contributed by atoms with E-state index in [2.05, 4.69) is 34.7 Å². The van der Waals surface area contributed by atoms with Gasteiger partial charge in [-0.2, -0.15) is 0 Å². The van der Waals surface area contributed by atoms with E-state index in [0.29, 0.717) is 23.1 Å². The van der Waals surface area contributed by atoms with Crippen molar-refractivity contribution in [1.29, 1.82) is 0 Å². The van der Waals surface area contributed by atoms with Crippen molar-refractivity contribution in [3.05, 3.63) is 88.8 Å². The Morgan fingerprint density at radius 1 is 1.06 bits per heavy atom. The van der Waals surface area contributed by atoms with Gasteiger partial charge in [0.1, 0.15) is 11.3 Å². The summed E-state index contributed by atoms with van der Waals surface area (Å²) in [6, 6.07) is 20.5. The van der Waals surface area contributed by atoms with Crippen LogP contribution in [-0.4, -0.2) is 22.6 Å². The lowest BCUT2D eigenvalue weighted by molar-refractivity contribution is -0.121. The summed E-state index contributed by atoms with van der Waals surface area (Å²) in [4.78, 5) is 16.6. The molecular formula is C25H22ClN3O3S. The molecule has 0 saturated heterocycles. The average molecular weight is 480 g/mol. The Hall–Kier alpha value is -3.42. The molecule has 2 N–H and O–H groups in total. The number of amides is 1. The van der Waals surface area contributed by atoms with Crippen LogP contribution in [0.2, 0.25) is 5.02 Å². The van der Waals surface area contributed by atoms with Crippen LogP contribution in [-0.2, 0) is 17.6 Å². The summed E-state index contributed by atoms with van der Waals surface area (Å²) in [5.41, 5.74) is 4.71. The fourth-order valence-electron chi connectivity index (χ4n) is 3.20. The number of oxazole rings is 1. The van der Waals surface area contributed by atoms with Crippen LogP contribution >= 0.6 is 23.8 Å². The Labute approximate surface area is 201 Å². The maximum absolute atomic E-state index is 12.0. The summed E-state index contributed by atoms with van der Waals surface area (Å²) in [5.74, 6) is 0.859. The van der Waals surface area contributed by atoms with Gasteiger partial charge in [0, 0.05) is 17.1 Å². The van der Waals surface area contributed by atoms with Gasteiger partial charge in [0.15, 0.2) is 23.2 Å². The smallest absolute Gasteiger partial charge is 0.264 e. The Morgan fingerprint density at radius 2 is 1.79 bits per heavy atom. The summed E-state index contributed by atoms with van der Waals surface area (Å²) in [6.45, 7) is 1.96. The van der Waals surface area contributed by atoms with Crippen molar-refractivity contribution in [2.75, 3.05) is 11.9 Å². The van der Waals surface area contributed by atoms with E-state index < -0.39 is 0 Å². The lowest BCUT2D eigenvalue weighted by Gasteiger charge is -2.11. The van der Waals surface area contributed by atoms with Crippen molar-refractivity contribution in [3.8, 4) is 5.75 Å². The average Bonchev–Trinajstić information content (AvgIpc) is 3.21. The number of benzene rings is 3. The van der Waals surface area contributed by atoms with E-state index in [9.17, 15) is 4.79 Å². The molecule has 33 heavy (non-hydrogen) atoms. The molecule has 0 saturated carbocycles. The molecule has 0 aliphatic carbocycles. The van der Waals surface area contributed by atoms with Gasteiger partial charge < -0.3 is 14.5 Å². The minimum absolute atomic E-state index is 0.160. The molecule has 0 fully saturated rings. The molecular weight excluding hydrogens is 458 g/mol. The fraction of sp³-hybridized carbons (Fsp3) is 0.160. The molecule has 0 aliphatic heterocycles. The normalized spacial score (nSPS) is 10.7. The second kappa shape index (κ2) is 10.5. The third-order valence-corrected chi connectivity index (χ3v) is 5.36. The first-order valence-corrected chi connectivity index (χ1v) is 11.2. The number of halogens is 1. The zero-order chi connectivity index (χ0) is 23.2. The van der Waals surface area contributed by atoms with E-state index in [1.807, 2.05) is 30.3 Å². The summed E-state index contributed by atoms with van der Waals surface area (Å²) in [7, 11) is 0. The van der Waals surface area contributed by atoms with Crippen LogP contribution in [0, 0.1) is 0 Å². The third kappa shape index (κ3) is 6.31. The molecule has 8 heteroatoms. The number of anilines is 1. The molecule has 0 radical (unpaired) electrons. The van der Waals surface area contributed by atoms with Crippen molar-refractivity contribution in [2.45, 2.75) is 19.8 Å². The van der Waals surface area contributed by atoms with Gasteiger partial charge in [0.05, 0.1) is 0 Å². The second-order valence-corrected chi connectivity index (χ2v) is 8.23. The highest BCUT2D eigenvalue weighted by Crippen LogP contribution is 2.20. The van der Waals surface area contributed by atoms with Gasteiger partial charge in [-0.1, -0.05) is 36.7 Å². The van der Waals surface area contributed by atoms with Crippen LogP contribution in [0.4, 0.5) is 5.69 Å². The topological polar surface area (TPSA) is 76.4 Å². The van der Waals surface area contributed by atoms with Crippen molar-refractivity contribution in [2.24, 2.45) is 0 Å². The molecule has 3 aromatic carbocycles. The number of nitrogens with zero attached hydrogens (tertiary/aromatic N) is 1. The first-order valence-electron chi connectivity index (χ1n) is 10.4. The molecule has 4 rings (SSSR count). The standard InChI is InChI=1S/C25H22ClN3O3S/c1-2-16-5-12-22-21(13-16)28-24(32-22)14-17-3-8-19(9-4-17)27-25(33)29-23(30)15-31-20-10-6-18(26)7-11-20/h3-13H,2,14-15H2,1H3,(H2,27,29,30,33). The lowest BCUT2D eigenvalue weighted by atomic mass is 10.1. The van der Waals surface area contributed by atoms with Gasteiger partial charge in [0.2, 0.25) is 0 Å². The maximum atomic E-state index is 12.0. The highest BCUT2D eigenvalue weighted by molar-refractivity contribution is 7.80. The van der Waals surface area contributed by atoms with Gasteiger partial charge in [-0.15, -0.1) is 0 Å².